The zero-order valence-corrected chi connectivity index (χ0v) is 12.2. The summed E-state index contributed by atoms with van der Waals surface area (Å²) in [6.45, 7) is 6.80. The van der Waals surface area contributed by atoms with E-state index in [9.17, 15) is 5.11 Å². The largest absolute Gasteiger partial charge is 0.492 e. The molecular weight excluding hydrogens is 254 g/mol. The van der Waals surface area contributed by atoms with Crippen LogP contribution in [0.4, 0.5) is 0 Å². The van der Waals surface area contributed by atoms with E-state index >= 15 is 0 Å². The fourth-order valence-corrected chi connectivity index (χ4v) is 2.01. The number of aliphatic hydroxyl groups is 1. The van der Waals surface area contributed by atoms with E-state index < -0.39 is 6.10 Å². The molecule has 2 aromatic rings. The summed E-state index contributed by atoms with van der Waals surface area (Å²) in [4.78, 5) is 8.24. The van der Waals surface area contributed by atoms with Crippen LogP contribution in [0.15, 0.2) is 31.0 Å². The van der Waals surface area contributed by atoms with E-state index in [4.69, 9.17) is 4.74 Å². The zero-order chi connectivity index (χ0) is 14.5. The summed E-state index contributed by atoms with van der Waals surface area (Å²) < 4.78 is 7.49. The Morgan fingerprint density at radius 2 is 2.05 bits per heavy atom. The van der Waals surface area contributed by atoms with Crippen molar-refractivity contribution in [3.63, 3.8) is 0 Å². The Kier molecular flexibility index (Phi) is 4.74. The van der Waals surface area contributed by atoms with Crippen molar-refractivity contribution >= 4 is 0 Å². The molecule has 5 heteroatoms. The number of pyridine rings is 1. The molecule has 0 bridgehead atoms. The third-order valence-electron chi connectivity index (χ3n) is 3.06. The highest BCUT2D eigenvalue weighted by molar-refractivity contribution is 5.29. The van der Waals surface area contributed by atoms with Crippen LogP contribution in [0.1, 0.15) is 50.6 Å². The van der Waals surface area contributed by atoms with E-state index in [-0.39, 0.29) is 6.04 Å². The van der Waals surface area contributed by atoms with E-state index in [1.54, 1.807) is 24.9 Å². The van der Waals surface area contributed by atoms with Gasteiger partial charge >= 0.3 is 0 Å². The molecule has 20 heavy (non-hydrogen) atoms. The molecule has 0 aliphatic heterocycles. The Balaban J connectivity index is 2.24. The molecule has 2 heterocycles. The highest BCUT2D eigenvalue weighted by Crippen LogP contribution is 2.25. The molecule has 0 fully saturated rings. The van der Waals surface area contributed by atoms with Gasteiger partial charge in [0.1, 0.15) is 11.9 Å². The number of hydrogen-bond acceptors (Lipinski definition) is 4. The lowest BCUT2D eigenvalue weighted by Crippen LogP contribution is -2.10. The number of hydrogen-bond donors (Lipinski definition) is 1. The molecule has 2 aromatic heterocycles. The molecule has 1 unspecified atom stereocenters. The number of aromatic nitrogens is 3. The minimum Gasteiger partial charge on any atom is -0.492 e. The molecule has 0 radical (unpaired) electrons. The van der Waals surface area contributed by atoms with E-state index in [0.29, 0.717) is 17.9 Å². The van der Waals surface area contributed by atoms with Crippen LogP contribution in [0.3, 0.4) is 0 Å². The van der Waals surface area contributed by atoms with Crippen molar-refractivity contribution in [1.82, 2.24) is 14.5 Å². The summed E-state index contributed by atoms with van der Waals surface area (Å²) in [5.74, 6) is 0.680. The minimum atomic E-state index is -0.752. The van der Waals surface area contributed by atoms with Gasteiger partial charge in [-0.15, -0.1) is 0 Å². The summed E-state index contributed by atoms with van der Waals surface area (Å²) in [6, 6.07) is 2.07. The Morgan fingerprint density at radius 3 is 2.75 bits per heavy atom. The zero-order valence-electron chi connectivity index (χ0n) is 12.2. The van der Waals surface area contributed by atoms with Crippen molar-refractivity contribution in [3.05, 3.63) is 42.2 Å². The van der Waals surface area contributed by atoms with Crippen LogP contribution in [0.2, 0.25) is 0 Å². The van der Waals surface area contributed by atoms with Gasteiger partial charge in [0.05, 0.1) is 31.0 Å². The maximum absolute atomic E-state index is 10.5. The Morgan fingerprint density at radius 1 is 1.25 bits per heavy atom. The van der Waals surface area contributed by atoms with Crippen molar-refractivity contribution in [2.75, 3.05) is 6.61 Å². The normalized spacial score (nSPS) is 12.7. The lowest BCUT2D eigenvalue weighted by Gasteiger charge is -2.17. The highest BCUT2D eigenvalue weighted by atomic mass is 16.5. The van der Waals surface area contributed by atoms with Gasteiger partial charge in [0.25, 0.3) is 0 Å². The lowest BCUT2D eigenvalue weighted by atomic mass is 10.1. The SMILES string of the molecule is CCCOc1cncc(C(O)c2cncn2C(C)C)c1. The van der Waals surface area contributed by atoms with Crippen LogP contribution in [-0.2, 0) is 0 Å². The standard InChI is InChI=1S/C15H21N3O2/c1-4-5-20-13-6-12(7-16-8-13)15(19)14-9-17-10-18(14)11(2)3/h6-11,15,19H,4-5H2,1-3H3. The molecule has 0 aliphatic rings. The predicted octanol–water partition coefficient (Wildman–Crippen LogP) is 2.73. The molecule has 0 aromatic carbocycles. The summed E-state index contributed by atoms with van der Waals surface area (Å²) in [5, 5.41) is 10.5. The van der Waals surface area contributed by atoms with Crippen LogP contribution in [0.5, 0.6) is 5.75 Å². The third kappa shape index (κ3) is 3.17. The third-order valence-corrected chi connectivity index (χ3v) is 3.06. The van der Waals surface area contributed by atoms with E-state index in [2.05, 4.69) is 23.8 Å². The molecule has 1 atom stereocenters. The Hall–Kier alpha value is -1.88. The van der Waals surface area contributed by atoms with Gasteiger partial charge in [0.15, 0.2) is 0 Å². The van der Waals surface area contributed by atoms with Crippen molar-refractivity contribution in [2.24, 2.45) is 0 Å². The number of imidazole rings is 1. The first-order valence-corrected chi connectivity index (χ1v) is 6.91. The van der Waals surface area contributed by atoms with Gasteiger partial charge in [0, 0.05) is 17.8 Å². The van der Waals surface area contributed by atoms with E-state index in [0.717, 1.165) is 12.1 Å². The molecule has 0 spiro atoms. The van der Waals surface area contributed by atoms with Gasteiger partial charge in [-0.1, -0.05) is 6.92 Å². The van der Waals surface area contributed by atoms with Crippen molar-refractivity contribution in [3.8, 4) is 5.75 Å². The van der Waals surface area contributed by atoms with Gasteiger partial charge in [-0.2, -0.15) is 0 Å². The summed E-state index contributed by atoms with van der Waals surface area (Å²) >= 11 is 0. The summed E-state index contributed by atoms with van der Waals surface area (Å²) in [5.41, 5.74) is 1.47. The van der Waals surface area contributed by atoms with Crippen LogP contribution in [0.25, 0.3) is 0 Å². The second kappa shape index (κ2) is 6.52. The molecule has 5 nitrogen and oxygen atoms in total. The maximum Gasteiger partial charge on any atom is 0.137 e. The minimum absolute atomic E-state index is 0.245. The second-order valence-corrected chi connectivity index (χ2v) is 5.02. The monoisotopic (exact) mass is 275 g/mol. The fourth-order valence-electron chi connectivity index (χ4n) is 2.01. The molecule has 1 N–H and O–H groups in total. The predicted molar refractivity (Wildman–Crippen MR) is 76.7 cm³/mol. The lowest BCUT2D eigenvalue weighted by molar-refractivity contribution is 0.206. The number of rotatable bonds is 6. The first-order chi connectivity index (χ1) is 9.63. The van der Waals surface area contributed by atoms with Crippen molar-refractivity contribution in [1.29, 1.82) is 0 Å². The molecular formula is C15H21N3O2. The van der Waals surface area contributed by atoms with Gasteiger partial charge in [0.2, 0.25) is 0 Å². The topological polar surface area (TPSA) is 60.2 Å². The van der Waals surface area contributed by atoms with E-state index in [1.807, 2.05) is 17.6 Å². The van der Waals surface area contributed by atoms with Gasteiger partial charge < -0.3 is 14.4 Å². The average molecular weight is 275 g/mol. The first kappa shape index (κ1) is 14.5. The summed E-state index contributed by atoms with van der Waals surface area (Å²) in [7, 11) is 0. The number of ether oxygens (including phenoxy) is 1. The molecule has 0 amide bonds. The molecule has 0 aliphatic carbocycles. The van der Waals surface area contributed by atoms with Crippen LogP contribution < -0.4 is 4.74 Å². The summed E-state index contributed by atoms with van der Waals surface area (Å²) in [6.07, 6.45) is 6.91. The molecule has 108 valence electrons. The van der Waals surface area contributed by atoms with Gasteiger partial charge in [-0.05, 0) is 26.3 Å². The number of aliphatic hydroxyl groups excluding tert-OH is 1. The smallest absolute Gasteiger partial charge is 0.137 e. The van der Waals surface area contributed by atoms with Crippen LogP contribution in [-0.4, -0.2) is 26.2 Å². The number of nitrogens with zero attached hydrogens (tertiary/aromatic N) is 3. The fraction of sp³-hybridized carbons (Fsp3) is 0.467. The second-order valence-electron chi connectivity index (χ2n) is 5.02. The highest BCUT2D eigenvalue weighted by Gasteiger charge is 2.17. The molecule has 0 saturated carbocycles. The average Bonchev–Trinajstić information content (AvgIpc) is 2.94. The Bertz CT molecular complexity index is 552. The Labute approximate surface area is 119 Å². The maximum atomic E-state index is 10.5. The van der Waals surface area contributed by atoms with Gasteiger partial charge in [-0.25, -0.2) is 4.98 Å². The van der Waals surface area contributed by atoms with Crippen molar-refractivity contribution < 1.29 is 9.84 Å². The molecule has 0 saturated heterocycles. The first-order valence-electron chi connectivity index (χ1n) is 6.91. The van der Waals surface area contributed by atoms with Crippen LogP contribution >= 0.6 is 0 Å². The van der Waals surface area contributed by atoms with E-state index in [1.165, 1.54) is 0 Å². The van der Waals surface area contributed by atoms with Gasteiger partial charge in [-0.3, -0.25) is 4.98 Å². The quantitative estimate of drug-likeness (QED) is 0.880. The van der Waals surface area contributed by atoms with Crippen LogP contribution in [0, 0.1) is 0 Å². The van der Waals surface area contributed by atoms with Crippen molar-refractivity contribution in [2.45, 2.75) is 39.3 Å². The molecule has 2 rings (SSSR count).